The molecule has 1 saturated heterocycles. The minimum atomic E-state index is -3.59. The molecule has 7 heteroatoms. The topological polar surface area (TPSA) is 93.6 Å². The van der Waals surface area contributed by atoms with E-state index in [9.17, 15) is 13.2 Å². The summed E-state index contributed by atoms with van der Waals surface area (Å²) >= 11 is 0. The van der Waals surface area contributed by atoms with Crippen molar-refractivity contribution in [3.05, 3.63) is 23.7 Å². The first kappa shape index (κ1) is 13.1. The highest BCUT2D eigenvalue weighted by molar-refractivity contribution is 7.89. The molecule has 1 unspecified atom stereocenters. The fourth-order valence-corrected chi connectivity index (χ4v) is 3.01. The monoisotopic (exact) mass is 272 g/mol. The zero-order valence-electron chi connectivity index (χ0n) is 10.1. The normalized spacial score (nSPS) is 21.0. The number of hydrogen-bond acceptors (Lipinski definition) is 4. The molecule has 2 heterocycles. The summed E-state index contributed by atoms with van der Waals surface area (Å²) in [7, 11) is -3.59. The number of aryl methyl sites for hydroxylation is 1. The minimum absolute atomic E-state index is 0.155. The van der Waals surface area contributed by atoms with E-state index >= 15 is 0 Å². The second-order valence-corrected chi connectivity index (χ2v) is 6.40. The first-order valence-corrected chi connectivity index (χ1v) is 7.35. The largest absolute Gasteiger partial charge is 0.469 e. The number of rotatable bonds is 2. The van der Waals surface area contributed by atoms with Crippen LogP contribution in [0.4, 0.5) is 0 Å². The third-order valence-electron chi connectivity index (χ3n) is 3.11. The number of likely N-dealkylation sites (tertiary alicyclic amines) is 1. The van der Waals surface area contributed by atoms with E-state index in [1.54, 1.807) is 13.0 Å². The molecule has 1 aromatic heterocycles. The van der Waals surface area contributed by atoms with Crippen molar-refractivity contribution in [3.63, 3.8) is 0 Å². The van der Waals surface area contributed by atoms with E-state index in [2.05, 4.69) is 0 Å². The molecule has 1 amide bonds. The lowest BCUT2D eigenvalue weighted by Crippen LogP contribution is -2.47. The minimum Gasteiger partial charge on any atom is -0.469 e. The fraction of sp³-hybridized carbons (Fsp3) is 0.545. The highest BCUT2D eigenvalue weighted by Gasteiger charge is 2.31. The van der Waals surface area contributed by atoms with Gasteiger partial charge in [-0.1, -0.05) is 0 Å². The molecule has 18 heavy (non-hydrogen) atoms. The van der Waals surface area contributed by atoms with Gasteiger partial charge in [0.05, 0.1) is 10.8 Å². The quantitative estimate of drug-likeness (QED) is 0.847. The molecule has 0 spiro atoms. The molecular weight excluding hydrogens is 256 g/mol. The van der Waals surface area contributed by atoms with Gasteiger partial charge < -0.3 is 9.32 Å². The molecule has 0 aliphatic carbocycles. The highest BCUT2D eigenvalue weighted by Crippen LogP contribution is 2.18. The lowest BCUT2D eigenvalue weighted by molar-refractivity contribution is 0.0726. The Kier molecular flexibility index (Phi) is 3.45. The van der Waals surface area contributed by atoms with Crippen LogP contribution in [-0.4, -0.2) is 37.6 Å². The van der Waals surface area contributed by atoms with Gasteiger partial charge in [-0.3, -0.25) is 4.79 Å². The van der Waals surface area contributed by atoms with Gasteiger partial charge in [0.15, 0.2) is 0 Å². The summed E-state index contributed by atoms with van der Waals surface area (Å²) in [4.78, 5) is 13.6. The van der Waals surface area contributed by atoms with E-state index in [1.807, 2.05) is 0 Å². The average Bonchev–Trinajstić information content (AvgIpc) is 2.74. The molecular formula is C11H16N2O4S. The molecule has 1 fully saturated rings. The lowest BCUT2D eigenvalue weighted by atomic mass is 10.1. The van der Waals surface area contributed by atoms with Gasteiger partial charge in [0.1, 0.15) is 12.0 Å². The van der Waals surface area contributed by atoms with Gasteiger partial charge in [0, 0.05) is 13.1 Å². The van der Waals surface area contributed by atoms with Crippen LogP contribution >= 0.6 is 0 Å². The SMILES string of the molecule is Cc1cc(C(=O)N2CCCC(S(N)(=O)=O)C2)co1. The fourth-order valence-electron chi connectivity index (χ4n) is 2.13. The molecule has 0 saturated carbocycles. The maximum absolute atomic E-state index is 12.1. The zero-order chi connectivity index (χ0) is 13.3. The van der Waals surface area contributed by atoms with Crippen molar-refractivity contribution in [2.75, 3.05) is 13.1 Å². The van der Waals surface area contributed by atoms with E-state index in [0.717, 1.165) is 0 Å². The van der Waals surface area contributed by atoms with Crippen molar-refractivity contribution in [3.8, 4) is 0 Å². The second-order valence-electron chi connectivity index (χ2n) is 4.55. The highest BCUT2D eigenvalue weighted by atomic mass is 32.2. The Balaban J connectivity index is 2.12. The Morgan fingerprint density at radius 2 is 2.28 bits per heavy atom. The molecule has 2 rings (SSSR count). The molecule has 1 atom stereocenters. The van der Waals surface area contributed by atoms with Crippen molar-refractivity contribution < 1.29 is 17.6 Å². The van der Waals surface area contributed by atoms with Gasteiger partial charge >= 0.3 is 0 Å². The number of hydrogen-bond donors (Lipinski definition) is 1. The van der Waals surface area contributed by atoms with Gasteiger partial charge in [-0.05, 0) is 25.8 Å². The van der Waals surface area contributed by atoms with Crippen LogP contribution in [0.1, 0.15) is 29.0 Å². The molecule has 1 aliphatic heterocycles. The van der Waals surface area contributed by atoms with E-state index < -0.39 is 15.3 Å². The Hall–Kier alpha value is -1.34. The summed E-state index contributed by atoms with van der Waals surface area (Å²) in [5.74, 6) is 0.443. The van der Waals surface area contributed by atoms with E-state index in [4.69, 9.17) is 9.56 Å². The summed E-state index contributed by atoms with van der Waals surface area (Å²) < 4.78 is 27.7. The van der Waals surface area contributed by atoms with Crippen LogP contribution in [0, 0.1) is 6.92 Å². The number of nitrogens with two attached hydrogens (primary N) is 1. The number of piperidine rings is 1. The van der Waals surface area contributed by atoms with E-state index in [0.29, 0.717) is 30.7 Å². The number of furan rings is 1. The van der Waals surface area contributed by atoms with Gasteiger partial charge in [-0.15, -0.1) is 0 Å². The third kappa shape index (κ3) is 2.73. The summed E-state index contributed by atoms with van der Waals surface area (Å²) in [5.41, 5.74) is 0.447. The molecule has 0 bridgehead atoms. The van der Waals surface area contributed by atoms with Crippen LogP contribution in [0.2, 0.25) is 0 Å². The molecule has 1 aliphatic rings. The van der Waals surface area contributed by atoms with Crippen molar-refractivity contribution in [2.24, 2.45) is 5.14 Å². The van der Waals surface area contributed by atoms with Gasteiger partial charge in [0.25, 0.3) is 5.91 Å². The number of nitrogens with zero attached hydrogens (tertiary/aromatic N) is 1. The number of primary sulfonamides is 1. The maximum atomic E-state index is 12.1. The van der Waals surface area contributed by atoms with Crippen LogP contribution in [-0.2, 0) is 10.0 Å². The maximum Gasteiger partial charge on any atom is 0.257 e. The number of sulfonamides is 1. The molecule has 100 valence electrons. The standard InChI is InChI=1S/C11H16N2O4S/c1-8-5-9(7-17-8)11(14)13-4-2-3-10(6-13)18(12,15)16/h5,7,10H,2-4,6H2,1H3,(H2,12,15,16). The molecule has 6 nitrogen and oxygen atoms in total. The lowest BCUT2D eigenvalue weighted by Gasteiger charge is -2.31. The van der Waals surface area contributed by atoms with Gasteiger partial charge in [0.2, 0.25) is 10.0 Å². The van der Waals surface area contributed by atoms with Crippen LogP contribution in [0.3, 0.4) is 0 Å². The predicted molar refractivity (Wildman–Crippen MR) is 65.5 cm³/mol. The van der Waals surface area contributed by atoms with Crippen LogP contribution in [0.25, 0.3) is 0 Å². The summed E-state index contributed by atoms with van der Waals surface area (Å²) in [6.45, 7) is 2.46. The zero-order valence-corrected chi connectivity index (χ0v) is 10.9. The van der Waals surface area contributed by atoms with E-state index in [-0.39, 0.29) is 12.5 Å². The van der Waals surface area contributed by atoms with Gasteiger partial charge in [-0.2, -0.15) is 0 Å². The van der Waals surface area contributed by atoms with Crippen molar-refractivity contribution >= 4 is 15.9 Å². The molecule has 0 radical (unpaired) electrons. The Morgan fingerprint density at radius 3 is 2.83 bits per heavy atom. The van der Waals surface area contributed by atoms with Crippen molar-refractivity contribution in [1.82, 2.24) is 4.90 Å². The van der Waals surface area contributed by atoms with E-state index in [1.165, 1.54) is 11.2 Å². The Bertz CT molecular complexity index is 549. The first-order valence-electron chi connectivity index (χ1n) is 5.74. The average molecular weight is 272 g/mol. The number of amides is 1. The predicted octanol–water partition coefficient (Wildman–Crippen LogP) is 0.481. The molecule has 0 aromatic carbocycles. The first-order chi connectivity index (χ1) is 8.38. The Labute approximate surface area is 106 Å². The third-order valence-corrected chi connectivity index (χ3v) is 4.42. The smallest absolute Gasteiger partial charge is 0.257 e. The van der Waals surface area contributed by atoms with Crippen LogP contribution in [0.15, 0.2) is 16.7 Å². The van der Waals surface area contributed by atoms with Crippen LogP contribution in [0.5, 0.6) is 0 Å². The van der Waals surface area contributed by atoms with Crippen molar-refractivity contribution in [2.45, 2.75) is 25.0 Å². The summed E-state index contributed by atoms with van der Waals surface area (Å²) in [6, 6.07) is 1.64. The summed E-state index contributed by atoms with van der Waals surface area (Å²) in [5, 5.41) is 4.47. The summed E-state index contributed by atoms with van der Waals surface area (Å²) in [6.07, 6.45) is 2.54. The number of carbonyl (C=O) groups is 1. The second kappa shape index (κ2) is 4.74. The van der Waals surface area contributed by atoms with Crippen LogP contribution < -0.4 is 5.14 Å². The van der Waals surface area contributed by atoms with Gasteiger partial charge in [-0.25, -0.2) is 13.6 Å². The molecule has 2 N–H and O–H groups in total. The molecule has 1 aromatic rings. The van der Waals surface area contributed by atoms with Crippen molar-refractivity contribution in [1.29, 1.82) is 0 Å². The Morgan fingerprint density at radius 1 is 1.56 bits per heavy atom. The number of carbonyl (C=O) groups excluding carboxylic acids is 1.